The van der Waals surface area contributed by atoms with Crippen LogP contribution in [0.3, 0.4) is 0 Å². The second-order valence-corrected chi connectivity index (χ2v) is 14.8. The van der Waals surface area contributed by atoms with Crippen molar-refractivity contribution >= 4 is 68.3 Å². The molecule has 0 unspecified atom stereocenters. The Labute approximate surface area is 301 Å². The van der Waals surface area contributed by atoms with Crippen LogP contribution in [0, 0.1) is 23.7 Å². The molecule has 0 aromatic heterocycles. The van der Waals surface area contributed by atoms with Gasteiger partial charge < -0.3 is 5.11 Å². The van der Waals surface area contributed by atoms with E-state index in [9.17, 15) is 24.3 Å². The molecule has 0 bridgehead atoms. The molecule has 2 aliphatic carbocycles. The summed E-state index contributed by atoms with van der Waals surface area (Å²) in [6, 6.07) is 27.2. The van der Waals surface area contributed by atoms with E-state index in [1.165, 1.54) is 16.7 Å². The third-order valence-electron chi connectivity index (χ3n) is 11.0. The van der Waals surface area contributed by atoms with E-state index in [1.54, 1.807) is 66.7 Å². The maximum absolute atomic E-state index is 15.3. The average molecular weight is 750 g/mol. The molecule has 1 saturated carbocycles. The first kappa shape index (κ1) is 32.4. The molecule has 6 atom stereocenters. The van der Waals surface area contributed by atoms with Crippen molar-refractivity contribution in [3.05, 3.63) is 135 Å². The highest BCUT2D eigenvalue weighted by molar-refractivity contribution is 9.10. The number of hydrogen-bond acceptors (Lipinski definition) is 6. The van der Waals surface area contributed by atoms with Gasteiger partial charge in [-0.2, -0.15) is 0 Å². The van der Waals surface area contributed by atoms with Gasteiger partial charge in [0.2, 0.25) is 23.6 Å². The smallest absolute Gasteiger partial charge is 0.246 e. The van der Waals surface area contributed by atoms with E-state index < -0.39 is 46.8 Å². The zero-order chi connectivity index (χ0) is 35.1. The molecule has 4 aromatic carbocycles. The van der Waals surface area contributed by atoms with Crippen LogP contribution < -0.4 is 9.80 Å². The van der Waals surface area contributed by atoms with Crippen molar-refractivity contribution in [2.24, 2.45) is 23.7 Å². The molecule has 8 rings (SSSR count). The largest absolute Gasteiger partial charge is 0.508 e. The Kier molecular flexibility index (Phi) is 7.69. The summed E-state index contributed by atoms with van der Waals surface area (Å²) in [4.78, 5) is 72.9. The number of fused-ring (bicyclic) bond motifs is 4. The van der Waals surface area contributed by atoms with Gasteiger partial charge in [0.1, 0.15) is 5.75 Å². The molecule has 50 heavy (non-hydrogen) atoms. The van der Waals surface area contributed by atoms with Crippen LogP contribution in [0.5, 0.6) is 5.75 Å². The number of hydrogen-bond donors (Lipinski definition) is 1. The number of halogens is 2. The number of benzene rings is 4. The Morgan fingerprint density at radius 2 is 1.56 bits per heavy atom. The van der Waals surface area contributed by atoms with Crippen LogP contribution >= 0.6 is 27.5 Å². The molecular weight excluding hydrogens is 720 g/mol. The zero-order valence-electron chi connectivity index (χ0n) is 26.8. The Morgan fingerprint density at radius 1 is 0.820 bits per heavy atom. The first-order valence-electron chi connectivity index (χ1n) is 16.4. The van der Waals surface area contributed by atoms with Gasteiger partial charge in [0.15, 0.2) is 5.78 Å². The number of imide groups is 2. The highest BCUT2D eigenvalue weighted by Crippen LogP contribution is 2.65. The number of aromatic hydroxyl groups is 1. The van der Waals surface area contributed by atoms with Gasteiger partial charge in [0, 0.05) is 26.5 Å². The molecule has 2 aliphatic heterocycles. The molecule has 8 nitrogen and oxygen atoms in total. The minimum atomic E-state index is -1.50. The number of Topliss-reactive ketones (excluding diaryl/α,β-unsaturated/α-hetero) is 1. The Hall–Kier alpha value is -4.86. The number of allylic oxidation sites excluding steroid dienone is 2. The Morgan fingerprint density at radius 3 is 2.26 bits per heavy atom. The van der Waals surface area contributed by atoms with Crippen molar-refractivity contribution in [2.75, 3.05) is 9.80 Å². The molecule has 0 spiro atoms. The minimum Gasteiger partial charge on any atom is -0.508 e. The number of carbonyl (C=O) groups excluding carboxylic acids is 5. The molecule has 4 amide bonds. The predicted octanol–water partition coefficient (Wildman–Crippen LogP) is 7.38. The molecule has 1 N–H and O–H groups in total. The van der Waals surface area contributed by atoms with Crippen molar-refractivity contribution in [1.82, 2.24) is 0 Å². The molecule has 2 heterocycles. The molecule has 2 saturated heterocycles. The third kappa shape index (κ3) is 4.59. The van der Waals surface area contributed by atoms with Crippen molar-refractivity contribution in [1.29, 1.82) is 0 Å². The van der Waals surface area contributed by atoms with Crippen molar-refractivity contribution in [2.45, 2.75) is 31.1 Å². The number of carbonyl (C=O) groups is 5. The molecule has 250 valence electrons. The van der Waals surface area contributed by atoms with Gasteiger partial charge >= 0.3 is 0 Å². The SMILES string of the molecule is CC(=O)c1ccc(N2C(=O)[C@H]3[C@H](CC=C4[C@H]3C[C@H]3C(=O)N(c5cccc(Cl)c5)C(=O)[C@@]3(c3ccccc3)[C@H]4c3cc(Br)ccc3O)C2=O)cc1. The number of anilines is 2. The van der Waals surface area contributed by atoms with Crippen LogP contribution in [-0.4, -0.2) is 34.5 Å². The summed E-state index contributed by atoms with van der Waals surface area (Å²) in [5.41, 5.74) is 1.45. The predicted molar refractivity (Wildman–Crippen MR) is 191 cm³/mol. The van der Waals surface area contributed by atoms with Crippen LogP contribution in [0.2, 0.25) is 5.02 Å². The standard InChI is InChI=1S/C40H30BrClN2O6/c1-21(45)22-10-13-26(14-11-22)43-36(47)29-16-15-28-30(34(29)38(43)49)20-32-37(48)44(27-9-5-8-25(42)19-27)39(50)40(32,23-6-3-2-4-7-23)35(28)31-18-24(41)12-17-33(31)46/h2-15,17-19,29-30,32,34-35,46H,16,20H2,1H3/t29-,30+,32-,34-,35+,40+/m0/s1. The van der Waals surface area contributed by atoms with E-state index in [-0.39, 0.29) is 36.2 Å². The molecule has 4 aromatic rings. The van der Waals surface area contributed by atoms with Gasteiger partial charge in [-0.1, -0.05) is 75.6 Å². The van der Waals surface area contributed by atoms with E-state index in [4.69, 9.17) is 11.6 Å². The fraction of sp³-hybridized carbons (Fsp3) is 0.225. The normalized spacial score (nSPS) is 27.2. The quantitative estimate of drug-likeness (QED) is 0.130. The Bertz CT molecular complexity index is 2170. The van der Waals surface area contributed by atoms with E-state index in [1.807, 2.05) is 36.4 Å². The van der Waals surface area contributed by atoms with E-state index >= 15 is 4.79 Å². The van der Waals surface area contributed by atoms with Gasteiger partial charge in [-0.15, -0.1) is 0 Å². The highest BCUT2D eigenvalue weighted by Gasteiger charge is 2.70. The number of amides is 4. The maximum atomic E-state index is 15.3. The van der Waals surface area contributed by atoms with Gasteiger partial charge in [-0.3, -0.25) is 28.9 Å². The minimum absolute atomic E-state index is 0.0570. The fourth-order valence-corrected chi connectivity index (χ4v) is 9.51. The summed E-state index contributed by atoms with van der Waals surface area (Å²) in [5.74, 6) is -5.70. The fourth-order valence-electron chi connectivity index (χ4n) is 8.94. The van der Waals surface area contributed by atoms with Crippen LogP contribution in [0.4, 0.5) is 11.4 Å². The molecule has 4 aliphatic rings. The monoisotopic (exact) mass is 748 g/mol. The lowest BCUT2D eigenvalue weighted by Crippen LogP contribution is -2.53. The number of phenolic OH excluding ortho intramolecular Hbond substituents is 1. The zero-order valence-corrected chi connectivity index (χ0v) is 29.1. The number of nitrogens with zero attached hydrogens (tertiary/aromatic N) is 2. The molecule has 3 fully saturated rings. The van der Waals surface area contributed by atoms with Crippen LogP contribution in [-0.2, 0) is 24.6 Å². The molecule has 10 heteroatoms. The number of phenols is 1. The highest BCUT2D eigenvalue weighted by atomic mass is 79.9. The van der Waals surface area contributed by atoms with Crippen LogP contribution in [0.15, 0.2) is 113 Å². The van der Waals surface area contributed by atoms with E-state index in [2.05, 4.69) is 15.9 Å². The van der Waals surface area contributed by atoms with Gasteiger partial charge in [0.25, 0.3) is 0 Å². The van der Waals surface area contributed by atoms with Crippen LogP contribution in [0.25, 0.3) is 0 Å². The number of ketones is 1. The lowest BCUT2D eigenvalue weighted by molar-refractivity contribution is -0.127. The summed E-state index contributed by atoms with van der Waals surface area (Å²) in [5, 5.41) is 11.9. The average Bonchev–Trinajstić information content (AvgIpc) is 3.50. The van der Waals surface area contributed by atoms with Crippen molar-refractivity contribution in [3.63, 3.8) is 0 Å². The third-order valence-corrected chi connectivity index (χ3v) is 11.7. The summed E-state index contributed by atoms with van der Waals surface area (Å²) in [7, 11) is 0. The lowest BCUT2D eigenvalue weighted by atomic mass is 9.49. The first-order valence-corrected chi connectivity index (χ1v) is 17.6. The Balaban J connectivity index is 1.34. The van der Waals surface area contributed by atoms with Crippen molar-refractivity contribution < 1.29 is 29.1 Å². The number of rotatable bonds is 5. The van der Waals surface area contributed by atoms with Gasteiger partial charge in [0.05, 0.1) is 34.5 Å². The maximum Gasteiger partial charge on any atom is 0.246 e. The second-order valence-electron chi connectivity index (χ2n) is 13.4. The van der Waals surface area contributed by atoms with Gasteiger partial charge in [-0.05, 0) is 91.9 Å². The second kappa shape index (κ2) is 11.9. The van der Waals surface area contributed by atoms with E-state index in [0.717, 1.165) is 5.57 Å². The molecule has 0 radical (unpaired) electrons. The van der Waals surface area contributed by atoms with E-state index in [0.29, 0.717) is 37.6 Å². The first-order chi connectivity index (χ1) is 24.0. The summed E-state index contributed by atoms with van der Waals surface area (Å²) in [6.45, 7) is 1.45. The topological polar surface area (TPSA) is 112 Å². The summed E-state index contributed by atoms with van der Waals surface area (Å²) in [6.07, 6.45) is 2.32. The molecular formula is C40H30BrClN2O6. The summed E-state index contributed by atoms with van der Waals surface area (Å²) >= 11 is 9.93. The summed E-state index contributed by atoms with van der Waals surface area (Å²) < 4.78 is 0.664. The van der Waals surface area contributed by atoms with Gasteiger partial charge in [-0.25, -0.2) is 4.90 Å². The van der Waals surface area contributed by atoms with Crippen LogP contribution in [0.1, 0.15) is 47.2 Å². The lowest BCUT2D eigenvalue weighted by Gasteiger charge is -2.50. The van der Waals surface area contributed by atoms with Crippen molar-refractivity contribution in [3.8, 4) is 5.75 Å².